The number of anilines is 1. The van der Waals surface area contributed by atoms with Crippen LogP contribution in [-0.2, 0) is 10.0 Å². The summed E-state index contributed by atoms with van der Waals surface area (Å²) in [6.07, 6.45) is 0. The van der Waals surface area contributed by atoms with E-state index in [1.807, 2.05) is 0 Å². The lowest BCUT2D eigenvalue weighted by molar-refractivity contribution is 0.230. The number of benzene rings is 1. The fourth-order valence-electron chi connectivity index (χ4n) is 0.986. The van der Waals surface area contributed by atoms with Crippen molar-refractivity contribution >= 4 is 21.7 Å². The van der Waals surface area contributed by atoms with Crippen LogP contribution >= 0.6 is 0 Å². The van der Waals surface area contributed by atoms with E-state index in [-0.39, 0.29) is 10.9 Å². The van der Waals surface area contributed by atoms with E-state index in [2.05, 4.69) is 5.32 Å². The Labute approximate surface area is 94.1 Å². The molecule has 1 rings (SSSR count). The Morgan fingerprint density at radius 2 is 2.00 bits per heavy atom. The number of sulfonamides is 1. The van der Waals surface area contributed by atoms with E-state index in [1.54, 1.807) is 20.2 Å². The average molecular weight is 243 g/mol. The van der Waals surface area contributed by atoms with Crippen molar-refractivity contribution in [3.63, 3.8) is 0 Å². The summed E-state index contributed by atoms with van der Waals surface area (Å²) in [7, 11) is -0.582. The number of nitrogens with one attached hydrogen (secondary N) is 1. The van der Waals surface area contributed by atoms with Gasteiger partial charge in [0.05, 0.1) is 4.90 Å². The predicted octanol–water partition coefficient (Wildman–Crippen LogP) is 0.428. The number of hydrogen-bond acceptors (Lipinski definition) is 3. The van der Waals surface area contributed by atoms with E-state index in [4.69, 9.17) is 5.14 Å². The topological polar surface area (TPSA) is 92.5 Å². The minimum Gasteiger partial charge on any atom is -0.331 e. The van der Waals surface area contributed by atoms with Crippen LogP contribution in [0.2, 0.25) is 0 Å². The highest BCUT2D eigenvalue weighted by molar-refractivity contribution is 7.89. The first-order valence-corrected chi connectivity index (χ1v) is 5.96. The lowest BCUT2D eigenvalue weighted by Crippen LogP contribution is -2.27. The highest BCUT2D eigenvalue weighted by Gasteiger charge is 2.09. The van der Waals surface area contributed by atoms with Gasteiger partial charge < -0.3 is 10.2 Å². The lowest BCUT2D eigenvalue weighted by atomic mass is 10.3. The van der Waals surface area contributed by atoms with Gasteiger partial charge in [-0.05, 0) is 18.2 Å². The molecule has 1 aromatic carbocycles. The van der Waals surface area contributed by atoms with Gasteiger partial charge in [-0.2, -0.15) is 0 Å². The second-order valence-corrected chi connectivity index (χ2v) is 4.96. The summed E-state index contributed by atoms with van der Waals surface area (Å²) in [4.78, 5) is 12.6. The number of primary sulfonamides is 1. The maximum Gasteiger partial charge on any atom is 0.321 e. The van der Waals surface area contributed by atoms with Gasteiger partial charge in [0.25, 0.3) is 0 Å². The second kappa shape index (κ2) is 4.50. The van der Waals surface area contributed by atoms with Crippen LogP contribution in [0.4, 0.5) is 10.5 Å². The Bertz CT molecular complexity index is 496. The van der Waals surface area contributed by atoms with Gasteiger partial charge in [0, 0.05) is 19.8 Å². The summed E-state index contributed by atoms with van der Waals surface area (Å²) < 4.78 is 22.1. The molecule has 3 N–H and O–H groups in total. The van der Waals surface area contributed by atoms with Crippen molar-refractivity contribution in [1.82, 2.24) is 4.90 Å². The first-order chi connectivity index (χ1) is 7.30. The molecular weight excluding hydrogens is 230 g/mol. The van der Waals surface area contributed by atoms with Crippen LogP contribution in [0.1, 0.15) is 0 Å². The van der Waals surface area contributed by atoms with E-state index in [9.17, 15) is 13.2 Å². The Morgan fingerprint density at radius 1 is 1.38 bits per heavy atom. The Hall–Kier alpha value is -1.60. The van der Waals surface area contributed by atoms with E-state index < -0.39 is 10.0 Å². The minimum atomic E-state index is -3.75. The second-order valence-electron chi connectivity index (χ2n) is 3.40. The molecule has 7 heteroatoms. The molecule has 0 aromatic heterocycles. The number of carbonyl (C=O) groups excluding carboxylic acids is 1. The third-order valence-corrected chi connectivity index (χ3v) is 2.73. The number of carbonyl (C=O) groups is 1. The summed E-state index contributed by atoms with van der Waals surface area (Å²) in [6.45, 7) is 0. The van der Waals surface area contributed by atoms with E-state index in [0.29, 0.717) is 5.69 Å². The molecule has 2 amide bonds. The molecule has 0 saturated carbocycles. The summed E-state index contributed by atoms with van der Waals surface area (Å²) in [6, 6.07) is 5.41. The molecule has 0 aliphatic rings. The summed E-state index contributed by atoms with van der Waals surface area (Å²) in [5.74, 6) is 0. The molecule has 0 radical (unpaired) electrons. The maximum atomic E-state index is 11.3. The number of rotatable bonds is 2. The molecule has 0 atom stereocenters. The Kier molecular flexibility index (Phi) is 3.51. The van der Waals surface area contributed by atoms with Gasteiger partial charge in [0.15, 0.2) is 0 Å². The van der Waals surface area contributed by atoms with Crippen LogP contribution in [0.3, 0.4) is 0 Å². The van der Waals surface area contributed by atoms with Gasteiger partial charge >= 0.3 is 6.03 Å². The highest BCUT2D eigenvalue weighted by atomic mass is 32.2. The molecule has 0 unspecified atom stereocenters. The molecule has 16 heavy (non-hydrogen) atoms. The smallest absolute Gasteiger partial charge is 0.321 e. The maximum absolute atomic E-state index is 11.3. The molecular formula is C9H13N3O3S. The zero-order chi connectivity index (χ0) is 12.3. The van der Waals surface area contributed by atoms with Crippen molar-refractivity contribution in [3.8, 4) is 0 Å². The molecule has 88 valence electrons. The lowest BCUT2D eigenvalue weighted by Gasteiger charge is -2.12. The number of urea groups is 1. The fourth-order valence-corrected chi connectivity index (χ4v) is 1.55. The zero-order valence-electron chi connectivity index (χ0n) is 8.97. The SMILES string of the molecule is CN(C)C(=O)Nc1cccc(S(N)(=O)=O)c1. The largest absolute Gasteiger partial charge is 0.331 e. The van der Waals surface area contributed by atoms with Crippen LogP contribution in [0, 0.1) is 0 Å². The fraction of sp³-hybridized carbons (Fsp3) is 0.222. The van der Waals surface area contributed by atoms with Crippen molar-refractivity contribution in [1.29, 1.82) is 0 Å². The molecule has 0 aliphatic carbocycles. The van der Waals surface area contributed by atoms with Gasteiger partial charge in [0.1, 0.15) is 0 Å². The molecule has 0 aliphatic heterocycles. The standard InChI is InChI=1S/C9H13N3O3S/c1-12(2)9(13)11-7-4-3-5-8(6-7)16(10,14)15/h3-6H,1-2H3,(H,11,13)(H2,10,14,15). The minimum absolute atomic E-state index is 0.0379. The molecule has 1 aromatic rings. The monoisotopic (exact) mass is 243 g/mol. The normalized spacial score (nSPS) is 10.9. The summed E-state index contributed by atoms with van der Waals surface area (Å²) >= 11 is 0. The summed E-state index contributed by atoms with van der Waals surface area (Å²) in [5, 5.41) is 7.49. The first-order valence-electron chi connectivity index (χ1n) is 4.42. The highest BCUT2D eigenvalue weighted by Crippen LogP contribution is 2.14. The van der Waals surface area contributed by atoms with Gasteiger partial charge in [-0.3, -0.25) is 0 Å². The van der Waals surface area contributed by atoms with Crippen LogP contribution < -0.4 is 10.5 Å². The van der Waals surface area contributed by atoms with E-state index in [1.165, 1.54) is 23.1 Å². The van der Waals surface area contributed by atoms with Gasteiger partial charge in [-0.25, -0.2) is 18.4 Å². The number of nitrogens with two attached hydrogens (primary N) is 1. The average Bonchev–Trinajstić information content (AvgIpc) is 2.16. The van der Waals surface area contributed by atoms with E-state index in [0.717, 1.165) is 0 Å². The summed E-state index contributed by atoms with van der Waals surface area (Å²) in [5.41, 5.74) is 0.380. The molecule has 0 spiro atoms. The zero-order valence-corrected chi connectivity index (χ0v) is 9.78. The van der Waals surface area contributed by atoms with Crippen molar-refractivity contribution in [2.75, 3.05) is 19.4 Å². The number of amides is 2. The molecule has 6 nitrogen and oxygen atoms in total. The number of hydrogen-bond donors (Lipinski definition) is 2. The van der Waals surface area contributed by atoms with Crippen LogP contribution in [0.15, 0.2) is 29.2 Å². The molecule has 0 fully saturated rings. The third-order valence-electron chi connectivity index (χ3n) is 1.82. The molecule has 0 saturated heterocycles. The van der Waals surface area contributed by atoms with Gasteiger partial charge in [0.2, 0.25) is 10.0 Å². The molecule has 0 bridgehead atoms. The van der Waals surface area contributed by atoms with Gasteiger partial charge in [-0.15, -0.1) is 0 Å². The Balaban J connectivity index is 2.96. The van der Waals surface area contributed by atoms with Crippen molar-refractivity contribution in [2.24, 2.45) is 5.14 Å². The Morgan fingerprint density at radius 3 is 2.50 bits per heavy atom. The van der Waals surface area contributed by atoms with Crippen molar-refractivity contribution in [2.45, 2.75) is 4.90 Å². The van der Waals surface area contributed by atoms with E-state index >= 15 is 0 Å². The number of nitrogens with zero attached hydrogens (tertiary/aromatic N) is 1. The van der Waals surface area contributed by atoms with Crippen molar-refractivity contribution < 1.29 is 13.2 Å². The quantitative estimate of drug-likeness (QED) is 0.788. The van der Waals surface area contributed by atoms with Crippen molar-refractivity contribution in [3.05, 3.63) is 24.3 Å². The van der Waals surface area contributed by atoms with Crippen LogP contribution in [0.5, 0.6) is 0 Å². The predicted molar refractivity (Wildman–Crippen MR) is 60.5 cm³/mol. The first kappa shape index (κ1) is 12.5. The van der Waals surface area contributed by atoms with Gasteiger partial charge in [-0.1, -0.05) is 6.07 Å². The third kappa shape index (κ3) is 3.21. The van der Waals surface area contributed by atoms with Crippen LogP contribution in [-0.4, -0.2) is 33.4 Å². The van der Waals surface area contributed by atoms with Crippen LogP contribution in [0.25, 0.3) is 0 Å². The molecule has 0 heterocycles.